The van der Waals surface area contributed by atoms with E-state index in [-0.39, 0.29) is 18.4 Å². The molecule has 1 heterocycles. The molecule has 0 saturated heterocycles. The summed E-state index contributed by atoms with van der Waals surface area (Å²) in [4.78, 5) is 21.9. The van der Waals surface area contributed by atoms with Crippen molar-refractivity contribution in [3.8, 4) is 0 Å². The van der Waals surface area contributed by atoms with Crippen molar-refractivity contribution in [3.05, 3.63) is 11.9 Å². The van der Waals surface area contributed by atoms with Gasteiger partial charge in [0.25, 0.3) is 0 Å². The number of aryl methyl sites for hydroxylation is 2. The highest BCUT2D eigenvalue weighted by molar-refractivity contribution is 5.76. The SMILES string of the molecule is CC(C)NC(=O)CCn1cc(CCCCC(=O)O)nn1. The maximum atomic E-state index is 11.5. The van der Waals surface area contributed by atoms with E-state index in [1.54, 1.807) is 4.68 Å². The van der Waals surface area contributed by atoms with Gasteiger partial charge in [0.2, 0.25) is 5.91 Å². The fourth-order valence-corrected chi connectivity index (χ4v) is 1.75. The highest BCUT2D eigenvalue weighted by Gasteiger charge is 2.06. The number of nitrogens with one attached hydrogen (secondary N) is 1. The standard InChI is InChI=1S/C13H22N4O3/c1-10(2)14-12(18)7-8-17-9-11(15-16-17)5-3-4-6-13(19)20/h9-10H,3-8H2,1-2H3,(H,14,18)(H,19,20). The van der Waals surface area contributed by atoms with Gasteiger partial charge in [-0.2, -0.15) is 0 Å². The maximum absolute atomic E-state index is 11.5. The molecular weight excluding hydrogens is 260 g/mol. The maximum Gasteiger partial charge on any atom is 0.303 e. The van der Waals surface area contributed by atoms with Crippen molar-refractivity contribution in [1.82, 2.24) is 20.3 Å². The lowest BCUT2D eigenvalue weighted by Gasteiger charge is -2.07. The van der Waals surface area contributed by atoms with Crippen LogP contribution >= 0.6 is 0 Å². The van der Waals surface area contributed by atoms with Crippen molar-refractivity contribution in [2.45, 2.75) is 58.5 Å². The van der Waals surface area contributed by atoms with Gasteiger partial charge in [-0.3, -0.25) is 14.3 Å². The Hall–Kier alpha value is -1.92. The third-order valence-corrected chi connectivity index (χ3v) is 2.68. The fourth-order valence-electron chi connectivity index (χ4n) is 1.75. The Kier molecular flexibility index (Phi) is 6.69. The van der Waals surface area contributed by atoms with E-state index in [4.69, 9.17) is 5.11 Å². The lowest BCUT2D eigenvalue weighted by molar-refractivity contribution is -0.137. The van der Waals surface area contributed by atoms with E-state index < -0.39 is 5.97 Å². The number of unbranched alkanes of at least 4 members (excludes halogenated alkanes) is 1. The van der Waals surface area contributed by atoms with Crippen LogP contribution in [-0.4, -0.2) is 38.0 Å². The zero-order valence-electron chi connectivity index (χ0n) is 12.0. The molecule has 0 saturated carbocycles. The zero-order valence-corrected chi connectivity index (χ0v) is 12.0. The largest absolute Gasteiger partial charge is 0.481 e. The molecule has 20 heavy (non-hydrogen) atoms. The molecule has 1 aromatic rings. The Morgan fingerprint density at radius 2 is 2.10 bits per heavy atom. The van der Waals surface area contributed by atoms with E-state index in [2.05, 4.69) is 15.6 Å². The van der Waals surface area contributed by atoms with Crippen LogP contribution in [0, 0.1) is 0 Å². The number of rotatable bonds is 9. The molecule has 0 aliphatic rings. The predicted molar refractivity (Wildman–Crippen MR) is 73.1 cm³/mol. The average molecular weight is 282 g/mol. The summed E-state index contributed by atoms with van der Waals surface area (Å²) in [7, 11) is 0. The highest BCUT2D eigenvalue weighted by atomic mass is 16.4. The third-order valence-electron chi connectivity index (χ3n) is 2.68. The van der Waals surface area contributed by atoms with Crippen LogP contribution in [0.1, 0.15) is 45.2 Å². The van der Waals surface area contributed by atoms with Crippen LogP contribution in [0.3, 0.4) is 0 Å². The van der Waals surface area contributed by atoms with Crippen LogP contribution < -0.4 is 5.32 Å². The summed E-state index contributed by atoms with van der Waals surface area (Å²) in [6.45, 7) is 4.34. The summed E-state index contributed by atoms with van der Waals surface area (Å²) in [5.41, 5.74) is 0.833. The zero-order chi connectivity index (χ0) is 15.0. The third kappa shape index (κ3) is 6.86. The minimum absolute atomic E-state index is 0.00138. The number of aromatic nitrogens is 3. The Balaban J connectivity index is 2.25. The van der Waals surface area contributed by atoms with Crippen LogP contribution in [0.5, 0.6) is 0 Å². The molecule has 1 rings (SSSR count). The van der Waals surface area contributed by atoms with Gasteiger partial charge in [0.15, 0.2) is 0 Å². The Labute approximate surface area is 118 Å². The van der Waals surface area contributed by atoms with Crippen LogP contribution in [0.2, 0.25) is 0 Å². The van der Waals surface area contributed by atoms with Crippen molar-refractivity contribution < 1.29 is 14.7 Å². The Morgan fingerprint density at radius 1 is 1.35 bits per heavy atom. The molecule has 2 N–H and O–H groups in total. The van der Waals surface area contributed by atoms with Gasteiger partial charge in [0, 0.05) is 25.1 Å². The first kappa shape index (κ1) is 16.1. The first-order chi connectivity index (χ1) is 9.47. The van der Waals surface area contributed by atoms with Crippen molar-refractivity contribution >= 4 is 11.9 Å². The summed E-state index contributed by atoms with van der Waals surface area (Å²) in [5.74, 6) is -0.775. The summed E-state index contributed by atoms with van der Waals surface area (Å²) in [6.07, 6.45) is 4.50. The first-order valence-electron chi connectivity index (χ1n) is 6.87. The molecule has 0 aromatic carbocycles. The molecule has 0 radical (unpaired) electrons. The molecular formula is C13H22N4O3. The molecule has 1 aromatic heterocycles. The number of carbonyl (C=O) groups excluding carboxylic acids is 1. The minimum atomic E-state index is -0.773. The number of nitrogens with zero attached hydrogens (tertiary/aromatic N) is 3. The van der Waals surface area contributed by atoms with Gasteiger partial charge in [-0.05, 0) is 33.1 Å². The predicted octanol–water partition coefficient (Wildman–Crippen LogP) is 0.990. The Morgan fingerprint density at radius 3 is 2.75 bits per heavy atom. The molecule has 0 bridgehead atoms. The summed E-state index contributed by atoms with van der Waals surface area (Å²) < 4.78 is 1.65. The molecule has 0 spiro atoms. The molecule has 0 aliphatic carbocycles. The summed E-state index contributed by atoms with van der Waals surface area (Å²) in [5, 5.41) is 19.3. The molecule has 0 fully saturated rings. The lowest BCUT2D eigenvalue weighted by Crippen LogP contribution is -2.30. The second-order valence-electron chi connectivity index (χ2n) is 5.05. The minimum Gasteiger partial charge on any atom is -0.481 e. The van der Waals surface area contributed by atoms with E-state index >= 15 is 0 Å². The smallest absolute Gasteiger partial charge is 0.303 e. The highest BCUT2D eigenvalue weighted by Crippen LogP contribution is 2.04. The van der Waals surface area contributed by atoms with Crippen LogP contribution in [0.25, 0.3) is 0 Å². The molecule has 7 nitrogen and oxygen atoms in total. The van der Waals surface area contributed by atoms with E-state index in [1.165, 1.54) is 0 Å². The van der Waals surface area contributed by atoms with Gasteiger partial charge >= 0.3 is 5.97 Å². The van der Waals surface area contributed by atoms with E-state index in [1.807, 2.05) is 20.0 Å². The number of hydrogen-bond donors (Lipinski definition) is 2. The van der Waals surface area contributed by atoms with Crippen molar-refractivity contribution in [3.63, 3.8) is 0 Å². The number of carboxylic acids is 1. The van der Waals surface area contributed by atoms with Gasteiger partial charge in [-0.25, -0.2) is 0 Å². The number of carbonyl (C=O) groups is 2. The van der Waals surface area contributed by atoms with Crippen LogP contribution in [-0.2, 0) is 22.6 Å². The second-order valence-corrected chi connectivity index (χ2v) is 5.05. The van der Waals surface area contributed by atoms with E-state index in [9.17, 15) is 9.59 Å². The molecule has 0 aliphatic heterocycles. The van der Waals surface area contributed by atoms with Gasteiger partial charge < -0.3 is 10.4 Å². The molecule has 0 atom stereocenters. The van der Waals surface area contributed by atoms with Crippen molar-refractivity contribution in [1.29, 1.82) is 0 Å². The van der Waals surface area contributed by atoms with Crippen molar-refractivity contribution in [2.24, 2.45) is 0 Å². The molecule has 7 heteroatoms. The first-order valence-corrected chi connectivity index (χ1v) is 6.87. The van der Waals surface area contributed by atoms with Gasteiger partial charge in [-0.15, -0.1) is 5.10 Å². The van der Waals surface area contributed by atoms with Crippen molar-refractivity contribution in [2.75, 3.05) is 0 Å². The summed E-state index contributed by atoms with van der Waals surface area (Å²) >= 11 is 0. The van der Waals surface area contributed by atoms with E-state index in [0.29, 0.717) is 25.8 Å². The lowest BCUT2D eigenvalue weighted by atomic mass is 10.1. The van der Waals surface area contributed by atoms with Crippen LogP contribution in [0.15, 0.2) is 6.20 Å². The van der Waals surface area contributed by atoms with Gasteiger partial charge in [0.05, 0.1) is 12.2 Å². The number of carboxylic acid groups (broad SMARTS) is 1. The van der Waals surface area contributed by atoms with Crippen LogP contribution in [0.4, 0.5) is 0 Å². The molecule has 0 unspecified atom stereocenters. The van der Waals surface area contributed by atoms with Gasteiger partial charge in [-0.1, -0.05) is 5.21 Å². The number of aliphatic carboxylic acids is 1. The average Bonchev–Trinajstić information content (AvgIpc) is 2.79. The quantitative estimate of drug-likeness (QED) is 0.658. The topological polar surface area (TPSA) is 97.1 Å². The monoisotopic (exact) mass is 282 g/mol. The van der Waals surface area contributed by atoms with E-state index in [0.717, 1.165) is 12.1 Å². The normalized spacial score (nSPS) is 10.8. The number of hydrogen-bond acceptors (Lipinski definition) is 4. The summed E-state index contributed by atoms with van der Waals surface area (Å²) in [6, 6.07) is 0.142. The second kappa shape index (κ2) is 8.29. The fraction of sp³-hybridized carbons (Fsp3) is 0.692. The number of amides is 1. The van der Waals surface area contributed by atoms with Gasteiger partial charge in [0.1, 0.15) is 0 Å². The Bertz CT molecular complexity index is 443. The molecule has 112 valence electrons. The molecule has 1 amide bonds.